The maximum Gasteiger partial charge on any atom is 0.258 e. The third-order valence-electron chi connectivity index (χ3n) is 6.80. The molecule has 6 aromatic rings. The van der Waals surface area contributed by atoms with Crippen LogP contribution in [0.4, 0.5) is 34.8 Å². The first kappa shape index (κ1) is 35.8. The van der Waals surface area contributed by atoms with E-state index >= 15 is 0 Å². The molecule has 0 aliphatic carbocycles. The molecule has 6 rings (SSSR count). The number of fused-ring (bicyclic) bond motifs is 2. The van der Waals surface area contributed by atoms with Gasteiger partial charge in [-0.15, -0.1) is 22.7 Å². The average Bonchev–Trinajstić information content (AvgIpc) is 3.76. The van der Waals surface area contributed by atoms with Crippen LogP contribution in [0.5, 0.6) is 23.0 Å². The summed E-state index contributed by atoms with van der Waals surface area (Å²) >= 11 is 8.24. The summed E-state index contributed by atoms with van der Waals surface area (Å²) in [6.45, 7) is 0. The molecule has 260 valence electrons. The molecule has 4 N–H and O–H groups in total. The molecule has 0 bridgehead atoms. The van der Waals surface area contributed by atoms with Crippen molar-refractivity contribution in [2.24, 2.45) is 0 Å². The zero-order valence-corrected chi connectivity index (χ0v) is 28.4. The number of thiophene rings is 2. The second-order valence-corrected chi connectivity index (χ2v) is 11.7. The third kappa shape index (κ3) is 6.69. The minimum atomic E-state index is -1.05. The summed E-state index contributed by atoms with van der Waals surface area (Å²) in [5.41, 5.74) is 5.19. The van der Waals surface area contributed by atoms with Gasteiger partial charge in [0.1, 0.15) is 35.0 Å². The first-order chi connectivity index (χ1) is 23.9. The number of nitrogens with one attached hydrogen (secondary N) is 2. The van der Waals surface area contributed by atoms with Crippen molar-refractivity contribution in [3.63, 3.8) is 0 Å². The second kappa shape index (κ2) is 14.9. The van der Waals surface area contributed by atoms with E-state index in [1.54, 1.807) is 0 Å². The number of methoxy groups -OCH3 is 4. The number of carbonyl (C=O) groups is 2. The molecule has 0 saturated heterocycles. The lowest BCUT2D eigenvalue weighted by atomic mass is 10.2. The lowest BCUT2D eigenvalue weighted by molar-refractivity contribution is 0.101. The number of benzene rings is 2. The van der Waals surface area contributed by atoms with Crippen LogP contribution in [-0.2, 0) is 0 Å². The van der Waals surface area contributed by atoms with E-state index in [-0.39, 0.29) is 50.6 Å². The Morgan fingerprint density at radius 1 is 0.660 bits per heavy atom. The molecule has 13 nitrogen and oxygen atoms in total. The molecule has 0 atom stereocenters. The van der Waals surface area contributed by atoms with Crippen molar-refractivity contribution in [3.05, 3.63) is 75.1 Å². The van der Waals surface area contributed by atoms with Gasteiger partial charge in [-0.3, -0.25) is 9.59 Å². The number of halogens is 5. The highest BCUT2D eigenvalue weighted by atomic mass is 35.5. The SMILES string of the molecule is COc1cc(OC)c(F)c(NC(=O)c2csc3c(Cl)ncnc23)c1F.COc1cc(OC)c(F)c(NC(=O)c2csc3c(N)ncnc23)c1F. The van der Waals surface area contributed by atoms with Gasteiger partial charge in [0.2, 0.25) is 0 Å². The van der Waals surface area contributed by atoms with Gasteiger partial charge < -0.3 is 35.3 Å². The highest BCUT2D eigenvalue weighted by molar-refractivity contribution is 7.18. The lowest BCUT2D eigenvalue weighted by Gasteiger charge is -2.13. The topological polar surface area (TPSA) is 173 Å². The van der Waals surface area contributed by atoms with Crippen molar-refractivity contribution in [2.45, 2.75) is 0 Å². The number of hydrogen-bond donors (Lipinski definition) is 3. The Hall–Kier alpha value is -5.53. The molecule has 0 fully saturated rings. The smallest absolute Gasteiger partial charge is 0.258 e. The number of rotatable bonds is 8. The Kier molecular flexibility index (Phi) is 10.7. The summed E-state index contributed by atoms with van der Waals surface area (Å²) in [7, 11) is 4.86. The number of ether oxygens (including phenoxy) is 4. The molecule has 50 heavy (non-hydrogen) atoms. The van der Waals surface area contributed by atoms with Gasteiger partial charge in [-0.2, -0.15) is 0 Å². The number of nitrogens with zero attached hydrogens (tertiary/aromatic N) is 4. The second-order valence-electron chi connectivity index (χ2n) is 9.55. The van der Waals surface area contributed by atoms with E-state index in [0.717, 1.165) is 34.8 Å². The quantitative estimate of drug-likeness (QED) is 0.111. The van der Waals surface area contributed by atoms with Crippen LogP contribution in [0.1, 0.15) is 20.7 Å². The van der Waals surface area contributed by atoms with Gasteiger partial charge in [-0.05, 0) is 0 Å². The van der Waals surface area contributed by atoms with Gasteiger partial charge in [0, 0.05) is 22.9 Å². The van der Waals surface area contributed by atoms with Gasteiger partial charge in [-0.1, -0.05) is 11.6 Å². The van der Waals surface area contributed by atoms with Crippen LogP contribution in [-0.4, -0.2) is 60.2 Å². The molecule has 0 radical (unpaired) electrons. The van der Waals surface area contributed by atoms with Crippen molar-refractivity contribution in [1.82, 2.24) is 19.9 Å². The molecular weight excluding hydrogens is 730 g/mol. The Bertz CT molecular complexity index is 2060. The predicted molar refractivity (Wildman–Crippen MR) is 179 cm³/mol. The number of nitrogen functional groups attached to an aromatic ring is 1. The van der Waals surface area contributed by atoms with Crippen LogP contribution in [0.15, 0.2) is 35.5 Å². The summed E-state index contributed by atoms with van der Waals surface area (Å²) in [5.74, 6) is -6.58. The normalized spacial score (nSPS) is 10.7. The van der Waals surface area contributed by atoms with Crippen LogP contribution < -0.4 is 35.3 Å². The first-order valence-electron chi connectivity index (χ1n) is 13.6. The minimum Gasteiger partial charge on any atom is -0.493 e. The van der Waals surface area contributed by atoms with E-state index in [1.807, 2.05) is 0 Å². The van der Waals surface area contributed by atoms with Gasteiger partial charge in [-0.25, -0.2) is 37.5 Å². The van der Waals surface area contributed by atoms with Crippen LogP contribution >= 0.6 is 34.3 Å². The Morgan fingerprint density at radius 2 is 1.04 bits per heavy atom. The summed E-state index contributed by atoms with van der Waals surface area (Å²) in [6, 6.07) is 2.10. The zero-order valence-electron chi connectivity index (χ0n) is 26.0. The van der Waals surface area contributed by atoms with Gasteiger partial charge >= 0.3 is 0 Å². The maximum atomic E-state index is 14.4. The fraction of sp³-hybridized carbons (Fsp3) is 0.133. The highest BCUT2D eigenvalue weighted by Gasteiger charge is 2.26. The minimum absolute atomic E-state index is 0.116. The molecule has 0 saturated carbocycles. The van der Waals surface area contributed by atoms with E-state index in [1.165, 1.54) is 51.9 Å². The van der Waals surface area contributed by atoms with E-state index < -0.39 is 46.5 Å². The largest absolute Gasteiger partial charge is 0.493 e. The Morgan fingerprint density at radius 3 is 1.46 bits per heavy atom. The van der Waals surface area contributed by atoms with Crippen molar-refractivity contribution < 1.29 is 46.1 Å². The number of carbonyl (C=O) groups excluding carboxylic acids is 2. The van der Waals surface area contributed by atoms with Crippen LogP contribution in [0.25, 0.3) is 20.4 Å². The van der Waals surface area contributed by atoms with Crippen molar-refractivity contribution in [3.8, 4) is 23.0 Å². The highest BCUT2D eigenvalue weighted by Crippen LogP contribution is 2.37. The van der Waals surface area contributed by atoms with Gasteiger partial charge in [0.05, 0.1) is 60.0 Å². The van der Waals surface area contributed by atoms with Crippen molar-refractivity contribution in [1.29, 1.82) is 0 Å². The number of hydrogen-bond acceptors (Lipinski definition) is 13. The summed E-state index contributed by atoms with van der Waals surface area (Å²) in [6.07, 6.45) is 2.40. The standard InChI is InChI=1S/C15H10ClF2N3O3S.C15H12F2N4O3S/c1-23-7-3-8(24-2)10(18)12(9(7)17)21-15(22)6-4-25-13-11(6)19-5-20-14(13)16;1-23-7-3-8(24-2)10(17)12(9(7)16)21-15(22)6-4-25-13-11(6)19-5-20-14(13)18/h3-5H,1-2H3,(H,21,22);3-5H,1-2H3,(H,21,22)(H2,18,19,20). The van der Waals surface area contributed by atoms with E-state index in [2.05, 4.69) is 30.6 Å². The number of aromatic nitrogens is 4. The molecule has 0 unspecified atom stereocenters. The van der Waals surface area contributed by atoms with Gasteiger partial charge in [0.25, 0.3) is 11.8 Å². The van der Waals surface area contributed by atoms with E-state index in [4.69, 9.17) is 36.3 Å². The Labute approximate surface area is 292 Å². The van der Waals surface area contributed by atoms with E-state index in [0.29, 0.717) is 14.9 Å². The molecule has 20 heteroatoms. The fourth-order valence-corrected chi connectivity index (χ4v) is 6.41. The molecule has 4 aromatic heterocycles. The van der Waals surface area contributed by atoms with Crippen LogP contribution in [0.2, 0.25) is 5.15 Å². The zero-order chi connectivity index (χ0) is 36.3. The summed E-state index contributed by atoms with van der Waals surface area (Å²) in [5, 5.41) is 7.55. The third-order valence-corrected chi connectivity index (χ3v) is 9.17. The summed E-state index contributed by atoms with van der Waals surface area (Å²) in [4.78, 5) is 40.6. The first-order valence-corrected chi connectivity index (χ1v) is 15.8. The maximum absolute atomic E-state index is 14.4. The Balaban J connectivity index is 0.000000194. The molecule has 0 spiro atoms. The predicted octanol–water partition coefficient (Wildman–Crippen LogP) is 6.71. The molecule has 2 amide bonds. The molecule has 2 aromatic carbocycles. The van der Waals surface area contributed by atoms with Crippen molar-refractivity contribution in [2.75, 3.05) is 44.8 Å². The number of nitrogens with two attached hydrogens (primary N) is 1. The summed E-state index contributed by atoms with van der Waals surface area (Å²) < 4.78 is 77.7. The monoisotopic (exact) mass is 751 g/mol. The number of anilines is 3. The molecule has 4 heterocycles. The molecule has 0 aliphatic rings. The van der Waals surface area contributed by atoms with Gasteiger partial charge in [0.15, 0.2) is 46.3 Å². The van der Waals surface area contributed by atoms with Crippen LogP contribution in [0, 0.1) is 23.3 Å². The molecule has 0 aliphatic heterocycles. The van der Waals surface area contributed by atoms with E-state index in [9.17, 15) is 27.2 Å². The van der Waals surface area contributed by atoms with Crippen LogP contribution in [0.3, 0.4) is 0 Å². The lowest BCUT2D eigenvalue weighted by Crippen LogP contribution is -2.15. The number of amides is 2. The molecular formula is C30H22ClF4N7O6S2. The average molecular weight is 752 g/mol. The fourth-order valence-electron chi connectivity index (χ4n) is 4.37. The van der Waals surface area contributed by atoms with Crippen molar-refractivity contribution >= 4 is 83.7 Å².